The van der Waals surface area contributed by atoms with Crippen LogP contribution in [0.25, 0.3) is 0 Å². The maximum absolute atomic E-state index is 10.5. The van der Waals surface area contributed by atoms with Crippen LogP contribution in [0.1, 0.15) is 53.4 Å². The fourth-order valence-corrected chi connectivity index (χ4v) is 6.43. The van der Waals surface area contributed by atoms with Crippen molar-refractivity contribution in [1.29, 1.82) is 0 Å². The minimum atomic E-state index is -0.595. The van der Waals surface area contributed by atoms with Crippen LogP contribution in [0.4, 0.5) is 0 Å². The summed E-state index contributed by atoms with van der Waals surface area (Å²) in [5.74, 6) is 2.37. The molecule has 2 fully saturated rings. The first-order chi connectivity index (χ1) is 10.2. The van der Waals surface area contributed by atoms with E-state index in [0.717, 1.165) is 12.8 Å². The normalized spacial score (nSPS) is 50.5. The molecule has 3 aliphatic carbocycles. The van der Waals surface area contributed by atoms with E-state index in [0.29, 0.717) is 23.7 Å². The second kappa shape index (κ2) is 5.21. The van der Waals surface area contributed by atoms with Gasteiger partial charge < -0.3 is 10.2 Å². The molecule has 0 aromatic rings. The number of allylic oxidation sites excluding steroid dienone is 3. The number of aliphatic hydroxyl groups is 2. The standard InChI is InChI=1S/C20H32O2/c1-6-13-7-9-15-14(12(13)2)8-10-17-19(3,4)18(22)16(21)11-20(15,17)5/h6-7,12,14-18,21-22H,1,8-11H2,2-5H3. The molecule has 0 spiro atoms. The molecular weight excluding hydrogens is 272 g/mol. The van der Waals surface area contributed by atoms with Crippen molar-refractivity contribution in [3.05, 3.63) is 24.3 Å². The Morgan fingerprint density at radius 1 is 1.23 bits per heavy atom. The minimum absolute atomic E-state index is 0.128. The average Bonchev–Trinajstić information content (AvgIpc) is 2.46. The molecule has 3 aliphatic rings. The molecule has 7 unspecified atom stereocenters. The van der Waals surface area contributed by atoms with E-state index >= 15 is 0 Å². The van der Waals surface area contributed by atoms with Crippen molar-refractivity contribution >= 4 is 0 Å². The van der Waals surface area contributed by atoms with Crippen LogP contribution in [0.2, 0.25) is 0 Å². The van der Waals surface area contributed by atoms with Crippen LogP contribution in [0.3, 0.4) is 0 Å². The fraction of sp³-hybridized carbons (Fsp3) is 0.800. The van der Waals surface area contributed by atoms with Crippen molar-refractivity contribution in [3.63, 3.8) is 0 Å². The molecule has 7 atom stereocenters. The monoisotopic (exact) mass is 304 g/mol. The number of hydrogen-bond donors (Lipinski definition) is 2. The molecule has 0 saturated heterocycles. The molecule has 124 valence electrons. The van der Waals surface area contributed by atoms with Crippen LogP contribution in [0.5, 0.6) is 0 Å². The zero-order chi connectivity index (χ0) is 16.3. The molecule has 2 heteroatoms. The van der Waals surface area contributed by atoms with Gasteiger partial charge in [0.1, 0.15) is 0 Å². The molecule has 0 bridgehead atoms. The Morgan fingerprint density at radius 3 is 2.55 bits per heavy atom. The molecule has 22 heavy (non-hydrogen) atoms. The van der Waals surface area contributed by atoms with E-state index in [1.807, 2.05) is 6.08 Å². The minimum Gasteiger partial charge on any atom is -0.390 e. The van der Waals surface area contributed by atoms with Crippen molar-refractivity contribution < 1.29 is 10.2 Å². The van der Waals surface area contributed by atoms with Crippen LogP contribution in [0.15, 0.2) is 24.3 Å². The molecule has 2 N–H and O–H groups in total. The number of aliphatic hydroxyl groups excluding tert-OH is 2. The summed E-state index contributed by atoms with van der Waals surface area (Å²) in [6.45, 7) is 13.0. The van der Waals surface area contributed by atoms with Crippen molar-refractivity contribution in [2.24, 2.45) is 34.5 Å². The maximum atomic E-state index is 10.5. The average molecular weight is 304 g/mol. The number of rotatable bonds is 1. The molecular formula is C20H32O2. The first-order valence-corrected chi connectivity index (χ1v) is 8.92. The maximum Gasteiger partial charge on any atom is 0.0852 e. The zero-order valence-electron chi connectivity index (χ0n) is 14.5. The summed E-state index contributed by atoms with van der Waals surface area (Å²) in [5, 5.41) is 21.0. The van der Waals surface area contributed by atoms with Gasteiger partial charge in [0.2, 0.25) is 0 Å². The van der Waals surface area contributed by atoms with Gasteiger partial charge >= 0.3 is 0 Å². The lowest BCUT2D eigenvalue weighted by molar-refractivity contribution is -0.200. The highest BCUT2D eigenvalue weighted by molar-refractivity contribution is 5.25. The van der Waals surface area contributed by atoms with Gasteiger partial charge in [-0.05, 0) is 65.8 Å². The molecule has 2 nitrogen and oxygen atoms in total. The first-order valence-electron chi connectivity index (χ1n) is 8.92. The van der Waals surface area contributed by atoms with Gasteiger partial charge in [0.05, 0.1) is 12.2 Å². The fourth-order valence-electron chi connectivity index (χ4n) is 6.43. The SMILES string of the molecule is C=CC1=CCC2C(CCC3C(C)(C)C(O)C(O)CC23C)C1C. The van der Waals surface area contributed by atoms with E-state index in [2.05, 4.69) is 40.3 Å². The van der Waals surface area contributed by atoms with Gasteiger partial charge in [-0.15, -0.1) is 0 Å². The topological polar surface area (TPSA) is 40.5 Å². The Bertz CT molecular complexity index is 492. The number of fused-ring (bicyclic) bond motifs is 3. The van der Waals surface area contributed by atoms with Gasteiger partial charge in [0, 0.05) is 0 Å². The van der Waals surface area contributed by atoms with Gasteiger partial charge in [0.15, 0.2) is 0 Å². The quantitative estimate of drug-likeness (QED) is 0.770. The summed E-state index contributed by atoms with van der Waals surface area (Å²) in [5.41, 5.74) is 1.32. The van der Waals surface area contributed by atoms with E-state index in [-0.39, 0.29) is 10.8 Å². The molecule has 0 radical (unpaired) electrons. The number of hydrogen-bond acceptors (Lipinski definition) is 2. The van der Waals surface area contributed by atoms with Crippen LogP contribution in [-0.4, -0.2) is 22.4 Å². The summed E-state index contributed by atoms with van der Waals surface area (Å²) in [6, 6.07) is 0. The summed E-state index contributed by atoms with van der Waals surface area (Å²) in [6.07, 6.45) is 7.47. The Hall–Kier alpha value is -0.600. The largest absolute Gasteiger partial charge is 0.390 e. The highest BCUT2D eigenvalue weighted by Gasteiger charge is 2.60. The molecule has 0 aliphatic heterocycles. The summed E-state index contributed by atoms with van der Waals surface area (Å²) >= 11 is 0. The molecule has 3 rings (SSSR count). The predicted octanol–water partition coefficient (Wildman–Crippen LogP) is 3.94. The van der Waals surface area contributed by atoms with Crippen molar-refractivity contribution in [3.8, 4) is 0 Å². The second-order valence-electron chi connectivity index (χ2n) is 8.88. The lowest BCUT2D eigenvalue weighted by atomic mass is 9.43. The second-order valence-corrected chi connectivity index (χ2v) is 8.88. The van der Waals surface area contributed by atoms with E-state index in [1.165, 1.54) is 18.4 Å². The Kier molecular flexibility index (Phi) is 3.85. The lowest BCUT2D eigenvalue weighted by Crippen LogP contribution is -2.61. The third kappa shape index (κ3) is 2.06. The smallest absolute Gasteiger partial charge is 0.0852 e. The van der Waals surface area contributed by atoms with Crippen LogP contribution < -0.4 is 0 Å². The van der Waals surface area contributed by atoms with E-state index < -0.39 is 12.2 Å². The highest BCUT2D eigenvalue weighted by Crippen LogP contribution is 2.64. The van der Waals surface area contributed by atoms with Gasteiger partial charge in [-0.25, -0.2) is 0 Å². The zero-order valence-corrected chi connectivity index (χ0v) is 14.5. The van der Waals surface area contributed by atoms with Gasteiger partial charge in [-0.1, -0.05) is 46.4 Å². The third-order valence-electron chi connectivity index (χ3n) is 7.63. The summed E-state index contributed by atoms with van der Waals surface area (Å²) < 4.78 is 0. The van der Waals surface area contributed by atoms with Gasteiger partial charge in [-0.3, -0.25) is 0 Å². The molecule has 0 heterocycles. The van der Waals surface area contributed by atoms with Crippen molar-refractivity contribution in [2.45, 2.75) is 65.6 Å². The Labute approximate surface area is 135 Å². The van der Waals surface area contributed by atoms with Crippen molar-refractivity contribution in [1.82, 2.24) is 0 Å². The van der Waals surface area contributed by atoms with Crippen LogP contribution in [-0.2, 0) is 0 Å². The summed E-state index contributed by atoms with van der Waals surface area (Å²) in [4.78, 5) is 0. The van der Waals surface area contributed by atoms with E-state index in [1.54, 1.807) is 0 Å². The molecule has 0 amide bonds. The van der Waals surface area contributed by atoms with Crippen LogP contribution >= 0.6 is 0 Å². The molecule has 0 aromatic carbocycles. The molecule has 0 aromatic heterocycles. The van der Waals surface area contributed by atoms with Gasteiger partial charge in [0.25, 0.3) is 0 Å². The Morgan fingerprint density at radius 2 is 1.91 bits per heavy atom. The molecule has 2 saturated carbocycles. The van der Waals surface area contributed by atoms with E-state index in [4.69, 9.17) is 0 Å². The summed E-state index contributed by atoms with van der Waals surface area (Å²) in [7, 11) is 0. The Balaban J connectivity index is 1.99. The van der Waals surface area contributed by atoms with Crippen LogP contribution in [0, 0.1) is 34.5 Å². The highest BCUT2D eigenvalue weighted by atomic mass is 16.3. The predicted molar refractivity (Wildman–Crippen MR) is 90.3 cm³/mol. The third-order valence-corrected chi connectivity index (χ3v) is 7.63. The lowest BCUT2D eigenvalue weighted by Gasteiger charge is -2.63. The first kappa shape index (κ1) is 16.3. The van der Waals surface area contributed by atoms with Crippen molar-refractivity contribution in [2.75, 3.05) is 0 Å². The van der Waals surface area contributed by atoms with Gasteiger partial charge in [-0.2, -0.15) is 0 Å². The van der Waals surface area contributed by atoms with E-state index in [9.17, 15) is 10.2 Å².